The van der Waals surface area contributed by atoms with Crippen LogP contribution in [0, 0.1) is 0 Å². The van der Waals surface area contributed by atoms with Crippen molar-refractivity contribution in [3.63, 3.8) is 0 Å². The molecule has 2 aromatic carbocycles. The van der Waals surface area contributed by atoms with Gasteiger partial charge in [0.25, 0.3) is 5.91 Å². The monoisotopic (exact) mass is 355 g/mol. The highest BCUT2D eigenvalue weighted by molar-refractivity contribution is 7.14. The van der Waals surface area contributed by atoms with E-state index in [0.717, 1.165) is 5.69 Å². The van der Waals surface area contributed by atoms with Crippen molar-refractivity contribution in [3.05, 3.63) is 60.2 Å². The first-order valence-electron chi connectivity index (χ1n) is 7.53. The Morgan fingerprint density at radius 3 is 2.20 bits per heavy atom. The molecule has 0 aliphatic heterocycles. The van der Waals surface area contributed by atoms with Crippen LogP contribution < -0.4 is 10.6 Å². The van der Waals surface area contributed by atoms with Crippen LogP contribution in [0.1, 0.15) is 10.4 Å². The molecular formula is C17H17N5O2S. The van der Waals surface area contributed by atoms with E-state index in [0.29, 0.717) is 22.9 Å². The predicted molar refractivity (Wildman–Crippen MR) is 98.2 cm³/mol. The summed E-state index contributed by atoms with van der Waals surface area (Å²) in [5, 5.41) is 6.15. The van der Waals surface area contributed by atoms with Gasteiger partial charge in [-0.05, 0) is 30.3 Å². The van der Waals surface area contributed by atoms with Crippen molar-refractivity contribution < 1.29 is 9.35 Å². The number of anilines is 4. The standard InChI is InChI=1S/C17H17N5O2S/c1-22(2)17(23)12-7-6-10-14(11-12)19-16-15(20-25(24)21-16)18-13-8-4-3-5-9-13/h3-11H,1-2H3,(H,18,20)(H,19,21). The van der Waals surface area contributed by atoms with E-state index < -0.39 is 11.1 Å². The van der Waals surface area contributed by atoms with Gasteiger partial charge in [-0.3, -0.25) is 4.79 Å². The summed E-state index contributed by atoms with van der Waals surface area (Å²) < 4.78 is 19.7. The third-order valence-electron chi connectivity index (χ3n) is 3.38. The highest BCUT2D eigenvalue weighted by atomic mass is 32.2. The number of nitrogens with zero attached hydrogens (tertiary/aromatic N) is 3. The molecule has 1 atom stereocenters. The average Bonchev–Trinajstić information content (AvgIpc) is 2.94. The summed E-state index contributed by atoms with van der Waals surface area (Å²) in [5.74, 6) is 0.641. The molecule has 1 amide bonds. The van der Waals surface area contributed by atoms with E-state index in [-0.39, 0.29) is 5.91 Å². The Morgan fingerprint density at radius 2 is 1.56 bits per heavy atom. The lowest BCUT2D eigenvalue weighted by Crippen LogP contribution is -2.21. The van der Waals surface area contributed by atoms with Crippen molar-refractivity contribution in [1.29, 1.82) is 0 Å². The van der Waals surface area contributed by atoms with Crippen LogP contribution in [0.25, 0.3) is 0 Å². The van der Waals surface area contributed by atoms with Gasteiger partial charge >= 0.3 is 0 Å². The molecule has 0 saturated heterocycles. The SMILES string of the molecule is CN(C)C(=O)c1cccc(Nc2n[s+]([O-])nc2Nc2ccccc2)c1. The summed E-state index contributed by atoms with van der Waals surface area (Å²) in [4.78, 5) is 13.6. The van der Waals surface area contributed by atoms with Gasteiger partial charge in [0.15, 0.2) is 11.1 Å². The first-order chi connectivity index (χ1) is 12.0. The van der Waals surface area contributed by atoms with Crippen molar-refractivity contribution in [2.75, 3.05) is 24.7 Å². The van der Waals surface area contributed by atoms with Crippen molar-refractivity contribution in [1.82, 2.24) is 13.6 Å². The van der Waals surface area contributed by atoms with Crippen LogP contribution in [0.4, 0.5) is 23.0 Å². The van der Waals surface area contributed by atoms with Gasteiger partial charge in [-0.2, -0.15) is 0 Å². The fourth-order valence-corrected chi connectivity index (χ4v) is 2.83. The molecule has 1 unspecified atom stereocenters. The quantitative estimate of drug-likeness (QED) is 0.682. The van der Waals surface area contributed by atoms with Gasteiger partial charge in [-0.25, -0.2) is 0 Å². The van der Waals surface area contributed by atoms with E-state index in [1.807, 2.05) is 30.3 Å². The molecule has 25 heavy (non-hydrogen) atoms. The third kappa shape index (κ3) is 4.11. The topological polar surface area (TPSA) is 93.2 Å². The second kappa shape index (κ2) is 7.29. The van der Waals surface area contributed by atoms with E-state index >= 15 is 0 Å². The van der Waals surface area contributed by atoms with Crippen LogP contribution >= 0.6 is 11.1 Å². The number of hydrogen-bond donors (Lipinski definition) is 2. The molecule has 0 fully saturated rings. The Balaban J connectivity index is 1.84. The van der Waals surface area contributed by atoms with Crippen molar-refractivity contribution in [2.24, 2.45) is 0 Å². The molecule has 0 bridgehead atoms. The average molecular weight is 355 g/mol. The number of para-hydroxylation sites is 1. The largest absolute Gasteiger partial charge is 0.546 e. The first kappa shape index (κ1) is 16.9. The number of amides is 1. The maximum absolute atomic E-state index is 12.1. The number of aromatic nitrogens is 2. The fourth-order valence-electron chi connectivity index (χ4n) is 2.21. The Bertz CT molecular complexity index is 880. The number of nitrogens with one attached hydrogen (secondary N) is 2. The highest BCUT2D eigenvalue weighted by Crippen LogP contribution is 2.29. The van der Waals surface area contributed by atoms with Crippen LogP contribution in [-0.4, -0.2) is 38.2 Å². The van der Waals surface area contributed by atoms with Crippen LogP contribution in [0.15, 0.2) is 54.6 Å². The van der Waals surface area contributed by atoms with Gasteiger partial charge in [-0.1, -0.05) is 24.3 Å². The molecule has 128 valence electrons. The molecule has 0 radical (unpaired) electrons. The zero-order valence-corrected chi connectivity index (χ0v) is 14.6. The third-order valence-corrected chi connectivity index (χ3v) is 4.06. The lowest BCUT2D eigenvalue weighted by Gasteiger charge is -2.11. The molecule has 8 heteroatoms. The second-order valence-corrected chi connectivity index (χ2v) is 6.33. The number of hydrogen-bond acceptors (Lipinski definition) is 6. The lowest BCUT2D eigenvalue weighted by molar-refractivity contribution is 0.0827. The fraction of sp³-hybridized carbons (Fsp3) is 0.118. The molecule has 3 aromatic rings. The van der Waals surface area contributed by atoms with Gasteiger partial charge in [-0.15, -0.1) is 0 Å². The van der Waals surface area contributed by atoms with Crippen LogP contribution in [0.2, 0.25) is 0 Å². The smallest absolute Gasteiger partial charge is 0.253 e. The molecular weight excluding hydrogens is 338 g/mol. The van der Waals surface area contributed by atoms with E-state index in [9.17, 15) is 9.35 Å². The molecule has 0 spiro atoms. The molecule has 0 saturated carbocycles. The zero-order chi connectivity index (χ0) is 17.8. The van der Waals surface area contributed by atoms with Crippen LogP contribution in [0.3, 0.4) is 0 Å². The summed E-state index contributed by atoms with van der Waals surface area (Å²) in [5.41, 5.74) is 2.02. The Morgan fingerprint density at radius 1 is 0.960 bits per heavy atom. The summed E-state index contributed by atoms with van der Waals surface area (Å²) in [6, 6.07) is 16.4. The minimum absolute atomic E-state index is 0.100. The number of carbonyl (C=O) groups is 1. The van der Waals surface area contributed by atoms with Crippen molar-refractivity contribution >= 4 is 40.1 Å². The van der Waals surface area contributed by atoms with Gasteiger partial charge in [0.1, 0.15) is 0 Å². The molecule has 7 nitrogen and oxygen atoms in total. The molecule has 0 aliphatic rings. The molecule has 1 heterocycles. The Kier molecular flexibility index (Phi) is 4.92. The normalized spacial score (nSPS) is 11.1. The van der Waals surface area contributed by atoms with Gasteiger partial charge in [0, 0.05) is 39.8 Å². The van der Waals surface area contributed by atoms with Gasteiger partial charge in [0.2, 0.25) is 11.6 Å². The minimum atomic E-state index is -1.68. The minimum Gasteiger partial charge on any atom is -0.546 e. The maximum atomic E-state index is 12.1. The van der Waals surface area contributed by atoms with Crippen LogP contribution in [-0.2, 0) is 0 Å². The zero-order valence-electron chi connectivity index (χ0n) is 13.8. The van der Waals surface area contributed by atoms with E-state index in [2.05, 4.69) is 19.4 Å². The number of benzene rings is 2. The van der Waals surface area contributed by atoms with E-state index in [4.69, 9.17) is 0 Å². The summed E-state index contributed by atoms with van der Waals surface area (Å²) in [7, 11) is 3.39. The summed E-state index contributed by atoms with van der Waals surface area (Å²) >= 11 is -1.68. The van der Waals surface area contributed by atoms with Crippen molar-refractivity contribution in [3.8, 4) is 0 Å². The van der Waals surface area contributed by atoms with E-state index in [1.165, 1.54) is 4.90 Å². The summed E-state index contributed by atoms with van der Waals surface area (Å²) in [6.45, 7) is 0. The molecule has 3 rings (SSSR count). The van der Waals surface area contributed by atoms with Gasteiger partial charge < -0.3 is 20.1 Å². The number of rotatable bonds is 5. The van der Waals surface area contributed by atoms with Gasteiger partial charge in [0.05, 0.1) is 0 Å². The Labute approximate surface area is 148 Å². The maximum Gasteiger partial charge on any atom is 0.253 e. The van der Waals surface area contributed by atoms with Crippen LogP contribution in [0.5, 0.6) is 0 Å². The van der Waals surface area contributed by atoms with Crippen molar-refractivity contribution in [2.45, 2.75) is 0 Å². The second-order valence-electron chi connectivity index (χ2n) is 5.51. The first-order valence-corrected chi connectivity index (χ1v) is 8.60. The number of carbonyl (C=O) groups excluding carboxylic acids is 1. The highest BCUT2D eigenvalue weighted by Gasteiger charge is 2.17. The molecule has 1 aromatic heterocycles. The van der Waals surface area contributed by atoms with E-state index in [1.54, 1.807) is 38.4 Å². The predicted octanol–water partition coefficient (Wildman–Crippen LogP) is 3.39. The molecule has 0 aliphatic carbocycles. The Hall–Kier alpha value is -2.97. The summed E-state index contributed by atoms with van der Waals surface area (Å²) in [6.07, 6.45) is 0. The lowest BCUT2D eigenvalue weighted by atomic mass is 10.2. The molecule has 2 N–H and O–H groups in total.